The van der Waals surface area contributed by atoms with Gasteiger partial charge in [-0.05, 0) is 31.0 Å². The van der Waals surface area contributed by atoms with Gasteiger partial charge in [-0.1, -0.05) is 6.42 Å². The van der Waals surface area contributed by atoms with E-state index in [1.54, 1.807) is 12.1 Å². The average Bonchev–Trinajstić information content (AvgIpc) is 2.74. The summed E-state index contributed by atoms with van der Waals surface area (Å²) in [7, 11) is 0. The van der Waals surface area contributed by atoms with Crippen LogP contribution < -0.4 is 10.6 Å². The Labute approximate surface area is 104 Å². The molecule has 1 aliphatic heterocycles. The second kappa shape index (κ2) is 4.01. The second-order valence-electron chi connectivity index (χ2n) is 4.84. The maximum absolute atomic E-state index is 12.0. The van der Waals surface area contributed by atoms with Gasteiger partial charge in [0.2, 0.25) is 5.91 Å². The summed E-state index contributed by atoms with van der Waals surface area (Å²) in [6.45, 7) is 0. The number of amides is 1. The van der Waals surface area contributed by atoms with E-state index in [0.29, 0.717) is 11.4 Å². The van der Waals surface area contributed by atoms with Crippen molar-refractivity contribution in [3.05, 3.63) is 23.8 Å². The molecule has 1 fully saturated rings. The highest BCUT2D eigenvalue weighted by Crippen LogP contribution is 2.35. The number of carbonyl (C=O) groups excluding carboxylic acids is 1. The topological polar surface area (TPSA) is 78.4 Å². The first kappa shape index (κ1) is 11.1. The van der Waals surface area contributed by atoms with Crippen molar-refractivity contribution >= 4 is 23.3 Å². The first-order chi connectivity index (χ1) is 8.65. The van der Waals surface area contributed by atoms with Gasteiger partial charge in [0.05, 0.1) is 22.9 Å². The van der Waals surface area contributed by atoms with Crippen LogP contribution in [0.15, 0.2) is 18.2 Å². The van der Waals surface area contributed by atoms with Gasteiger partial charge in [-0.25, -0.2) is 4.79 Å². The Hall–Kier alpha value is -2.04. The van der Waals surface area contributed by atoms with Crippen molar-refractivity contribution in [1.29, 1.82) is 0 Å². The zero-order valence-corrected chi connectivity index (χ0v) is 9.77. The van der Waals surface area contributed by atoms with Gasteiger partial charge < -0.3 is 15.7 Å². The predicted molar refractivity (Wildman–Crippen MR) is 66.8 cm³/mol. The lowest BCUT2D eigenvalue weighted by molar-refractivity contribution is -0.119. The average molecular weight is 246 g/mol. The van der Waals surface area contributed by atoms with Gasteiger partial charge in [0, 0.05) is 6.04 Å². The van der Waals surface area contributed by atoms with Crippen molar-refractivity contribution in [2.45, 2.75) is 25.3 Å². The van der Waals surface area contributed by atoms with E-state index in [4.69, 9.17) is 5.11 Å². The Balaban J connectivity index is 2.00. The van der Waals surface area contributed by atoms with E-state index in [0.717, 1.165) is 19.3 Å². The van der Waals surface area contributed by atoms with Crippen molar-refractivity contribution in [1.82, 2.24) is 0 Å². The summed E-state index contributed by atoms with van der Waals surface area (Å²) in [5.74, 6) is -0.935. The lowest BCUT2D eigenvalue weighted by atomic mass is 10.0. The fourth-order valence-electron chi connectivity index (χ4n) is 2.78. The van der Waals surface area contributed by atoms with E-state index in [1.165, 1.54) is 6.07 Å². The van der Waals surface area contributed by atoms with Gasteiger partial charge in [0.15, 0.2) is 0 Å². The molecule has 0 aromatic heterocycles. The zero-order valence-electron chi connectivity index (χ0n) is 9.77. The molecule has 1 saturated carbocycles. The standard InChI is InChI=1S/C13H14N2O3/c16-12-8-2-1-3-9(8)14-11-6-7(13(17)18)4-5-10(11)15-12/h4-6,8-9,14H,1-3H2,(H,15,16)(H,17,18). The second-order valence-corrected chi connectivity index (χ2v) is 4.84. The summed E-state index contributed by atoms with van der Waals surface area (Å²) in [4.78, 5) is 23.0. The van der Waals surface area contributed by atoms with E-state index in [-0.39, 0.29) is 23.4 Å². The van der Waals surface area contributed by atoms with Crippen LogP contribution >= 0.6 is 0 Å². The molecule has 1 aromatic rings. The molecule has 0 saturated heterocycles. The molecule has 1 aromatic carbocycles. The number of benzene rings is 1. The highest BCUT2D eigenvalue weighted by Gasteiger charge is 2.35. The fourth-order valence-corrected chi connectivity index (χ4v) is 2.78. The molecule has 3 rings (SSSR count). The van der Waals surface area contributed by atoms with Gasteiger partial charge in [0.1, 0.15) is 0 Å². The Morgan fingerprint density at radius 2 is 2.11 bits per heavy atom. The summed E-state index contributed by atoms with van der Waals surface area (Å²) in [5, 5.41) is 15.1. The molecular weight excluding hydrogens is 232 g/mol. The molecule has 2 aliphatic rings. The number of carboxylic acid groups (broad SMARTS) is 1. The van der Waals surface area contributed by atoms with Crippen LogP contribution in [-0.4, -0.2) is 23.0 Å². The third kappa shape index (κ3) is 1.72. The highest BCUT2D eigenvalue weighted by molar-refractivity contribution is 6.00. The van der Waals surface area contributed by atoms with E-state index >= 15 is 0 Å². The molecule has 1 heterocycles. The fraction of sp³-hybridized carbons (Fsp3) is 0.385. The van der Waals surface area contributed by atoms with Gasteiger partial charge in [0.25, 0.3) is 0 Å². The summed E-state index contributed by atoms with van der Waals surface area (Å²) >= 11 is 0. The number of carbonyl (C=O) groups is 2. The largest absolute Gasteiger partial charge is 0.478 e. The van der Waals surface area contributed by atoms with Crippen molar-refractivity contribution < 1.29 is 14.7 Å². The van der Waals surface area contributed by atoms with Crippen LogP contribution in [0.2, 0.25) is 0 Å². The highest BCUT2D eigenvalue weighted by atomic mass is 16.4. The summed E-state index contributed by atoms with van der Waals surface area (Å²) in [6.07, 6.45) is 2.88. The molecule has 0 bridgehead atoms. The molecule has 18 heavy (non-hydrogen) atoms. The van der Waals surface area contributed by atoms with Crippen LogP contribution in [0.1, 0.15) is 29.6 Å². The minimum Gasteiger partial charge on any atom is -0.478 e. The number of anilines is 2. The molecule has 5 heteroatoms. The monoisotopic (exact) mass is 246 g/mol. The molecule has 1 amide bonds. The summed E-state index contributed by atoms with van der Waals surface area (Å²) in [6, 6.07) is 4.85. The van der Waals surface area contributed by atoms with Gasteiger partial charge in [-0.15, -0.1) is 0 Å². The van der Waals surface area contributed by atoms with Crippen LogP contribution in [-0.2, 0) is 4.79 Å². The molecular formula is C13H14N2O3. The first-order valence-corrected chi connectivity index (χ1v) is 6.10. The maximum atomic E-state index is 12.0. The van der Waals surface area contributed by atoms with E-state index < -0.39 is 5.97 Å². The first-order valence-electron chi connectivity index (χ1n) is 6.10. The molecule has 94 valence electrons. The molecule has 2 unspecified atom stereocenters. The molecule has 0 radical (unpaired) electrons. The van der Waals surface area contributed by atoms with Crippen molar-refractivity contribution in [2.24, 2.45) is 5.92 Å². The zero-order chi connectivity index (χ0) is 12.7. The molecule has 2 atom stereocenters. The maximum Gasteiger partial charge on any atom is 0.335 e. The molecule has 3 N–H and O–H groups in total. The SMILES string of the molecule is O=C(O)c1ccc2c(c1)NC1CCCC1C(=O)N2. The third-order valence-corrected chi connectivity index (χ3v) is 3.72. The van der Waals surface area contributed by atoms with Gasteiger partial charge in [-0.2, -0.15) is 0 Å². The van der Waals surface area contributed by atoms with Crippen LogP contribution in [0.25, 0.3) is 0 Å². The van der Waals surface area contributed by atoms with Crippen LogP contribution in [0, 0.1) is 5.92 Å². The normalized spacial score (nSPS) is 25.4. The number of rotatable bonds is 1. The molecule has 1 aliphatic carbocycles. The van der Waals surface area contributed by atoms with Crippen molar-refractivity contribution in [3.63, 3.8) is 0 Å². The molecule has 5 nitrogen and oxygen atoms in total. The Morgan fingerprint density at radius 3 is 2.89 bits per heavy atom. The van der Waals surface area contributed by atoms with Crippen molar-refractivity contribution in [2.75, 3.05) is 10.6 Å². The summed E-state index contributed by atoms with van der Waals surface area (Å²) in [5.41, 5.74) is 1.60. The van der Waals surface area contributed by atoms with E-state index in [9.17, 15) is 9.59 Å². The quantitative estimate of drug-likeness (QED) is 0.707. The predicted octanol–water partition coefficient (Wildman–Crippen LogP) is 1.92. The number of hydrogen-bond acceptors (Lipinski definition) is 3. The van der Waals surface area contributed by atoms with Crippen LogP contribution in [0.5, 0.6) is 0 Å². The number of carboxylic acids is 1. The summed E-state index contributed by atoms with van der Waals surface area (Å²) < 4.78 is 0. The third-order valence-electron chi connectivity index (χ3n) is 3.72. The lowest BCUT2D eigenvalue weighted by Crippen LogP contribution is -2.30. The number of hydrogen-bond donors (Lipinski definition) is 3. The number of fused-ring (bicyclic) bond motifs is 2. The van der Waals surface area contributed by atoms with Gasteiger partial charge >= 0.3 is 5.97 Å². The number of nitrogens with one attached hydrogen (secondary N) is 2. The molecule has 0 spiro atoms. The van der Waals surface area contributed by atoms with Crippen LogP contribution in [0.4, 0.5) is 11.4 Å². The lowest BCUT2D eigenvalue weighted by Gasteiger charge is -2.16. The Kier molecular flexibility index (Phi) is 2.47. The minimum atomic E-state index is -0.960. The van der Waals surface area contributed by atoms with E-state index in [1.807, 2.05) is 0 Å². The van der Waals surface area contributed by atoms with Gasteiger partial charge in [-0.3, -0.25) is 4.79 Å². The smallest absolute Gasteiger partial charge is 0.335 e. The number of aromatic carboxylic acids is 1. The van der Waals surface area contributed by atoms with Crippen LogP contribution in [0.3, 0.4) is 0 Å². The Morgan fingerprint density at radius 1 is 1.28 bits per heavy atom. The minimum absolute atomic E-state index is 0.00863. The Bertz CT molecular complexity index is 527. The van der Waals surface area contributed by atoms with Crippen molar-refractivity contribution in [3.8, 4) is 0 Å². The van der Waals surface area contributed by atoms with E-state index in [2.05, 4.69) is 10.6 Å².